The van der Waals surface area contributed by atoms with Gasteiger partial charge in [0.15, 0.2) is 5.78 Å². The number of aromatic hydroxyl groups is 3. The smallest absolute Gasteiger partial charge is 0.193 e. The molecular weight excluding hydrogens is 408 g/mol. The molecule has 0 saturated carbocycles. The van der Waals surface area contributed by atoms with Crippen molar-refractivity contribution < 1.29 is 29.6 Å². The van der Waals surface area contributed by atoms with Gasteiger partial charge < -0.3 is 24.8 Å². The lowest BCUT2D eigenvalue weighted by molar-refractivity contribution is 0.104. The molecule has 0 unspecified atom stereocenters. The topological polar surface area (TPSA) is 96.2 Å². The van der Waals surface area contributed by atoms with Crippen molar-refractivity contribution in [2.24, 2.45) is 0 Å². The second-order valence-corrected chi connectivity index (χ2v) is 8.41. The Morgan fingerprint density at radius 3 is 2.41 bits per heavy atom. The number of ether oxygens (including phenoxy) is 2. The summed E-state index contributed by atoms with van der Waals surface area (Å²) in [6.45, 7) is 7.71. The van der Waals surface area contributed by atoms with Gasteiger partial charge in [-0.2, -0.15) is 0 Å². The Morgan fingerprint density at radius 1 is 1.16 bits per heavy atom. The van der Waals surface area contributed by atoms with Crippen molar-refractivity contribution >= 4 is 17.9 Å². The number of carbonyl (C=O) groups excluding carboxylic acids is 1. The third-order valence-electron chi connectivity index (χ3n) is 5.16. The number of phenols is 3. The summed E-state index contributed by atoms with van der Waals surface area (Å²) < 4.78 is 11.7. The van der Waals surface area contributed by atoms with E-state index in [9.17, 15) is 20.1 Å². The van der Waals surface area contributed by atoms with Crippen molar-refractivity contribution in [3.63, 3.8) is 0 Å². The summed E-state index contributed by atoms with van der Waals surface area (Å²) in [4.78, 5) is 13.2. The van der Waals surface area contributed by atoms with Gasteiger partial charge in [0.25, 0.3) is 0 Å². The van der Waals surface area contributed by atoms with Gasteiger partial charge in [-0.15, -0.1) is 0 Å². The normalized spacial score (nSPS) is 14.0. The Bertz CT molecular complexity index is 1130. The van der Waals surface area contributed by atoms with Gasteiger partial charge in [0.05, 0.1) is 18.2 Å². The zero-order valence-corrected chi connectivity index (χ0v) is 18.9. The zero-order chi connectivity index (χ0) is 23.6. The molecule has 0 fully saturated rings. The second kappa shape index (κ2) is 8.83. The van der Waals surface area contributed by atoms with Gasteiger partial charge in [-0.3, -0.25) is 4.79 Å². The van der Waals surface area contributed by atoms with Crippen molar-refractivity contribution in [2.45, 2.75) is 39.7 Å². The fraction of sp³-hybridized carbons (Fsp3) is 0.269. The highest BCUT2D eigenvalue weighted by Crippen LogP contribution is 2.48. The van der Waals surface area contributed by atoms with E-state index in [0.29, 0.717) is 23.3 Å². The van der Waals surface area contributed by atoms with Gasteiger partial charge in [-0.1, -0.05) is 17.7 Å². The third-order valence-corrected chi connectivity index (χ3v) is 5.16. The Morgan fingerprint density at radius 2 is 1.81 bits per heavy atom. The van der Waals surface area contributed by atoms with Crippen molar-refractivity contribution in [2.75, 3.05) is 7.11 Å². The van der Waals surface area contributed by atoms with Crippen LogP contribution in [0.4, 0.5) is 0 Å². The standard InChI is InChI=1S/C26H28O6/c1-15(2)9-10-17-23(30)22(21(29)12-11-16-19(27)7-6-8-20(16)28)25(31-5)18-13-14-26(3,4)32-24(17)18/h6-9,11-14,27-28,30H,10H2,1-5H3. The lowest BCUT2D eigenvalue weighted by Gasteiger charge is -2.31. The molecule has 0 radical (unpaired) electrons. The molecular formula is C26H28O6. The van der Waals surface area contributed by atoms with Gasteiger partial charge in [-0.05, 0) is 70.6 Å². The minimum Gasteiger partial charge on any atom is -0.507 e. The summed E-state index contributed by atoms with van der Waals surface area (Å²) in [6.07, 6.45) is 8.49. The lowest BCUT2D eigenvalue weighted by atomic mass is 9.91. The largest absolute Gasteiger partial charge is 0.507 e. The van der Waals surface area contributed by atoms with Crippen LogP contribution in [0.25, 0.3) is 12.2 Å². The van der Waals surface area contributed by atoms with Gasteiger partial charge in [-0.25, -0.2) is 0 Å². The molecule has 0 amide bonds. The van der Waals surface area contributed by atoms with E-state index in [1.54, 1.807) is 0 Å². The summed E-state index contributed by atoms with van der Waals surface area (Å²) in [5.41, 5.74) is 1.63. The van der Waals surface area contributed by atoms with Crippen LogP contribution in [-0.4, -0.2) is 33.8 Å². The van der Waals surface area contributed by atoms with E-state index in [4.69, 9.17) is 9.47 Å². The van der Waals surface area contributed by atoms with Gasteiger partial charge in [0.1, 0.15) is 39.9 Å². The van der Waals surface area contributed by atoms with E-state index in [2.05, 4.69) is 0 Å². The lowest BCUT2D eigenvalue weighted by Crippen LogP contribution is -2.28. The highest BCUT2D eigenvalue weighted by Gasteiger charge is 2.32. The number of methoxy groups -OCH3 is 1. The third kappa shape index (κ3) is 4.49. The van der Waals surface area contributed by atoms with E-state index in [-0.39, 0.29) is 34.1 Å². The molecule has 0 saturated heterocycles. The summed E-state index contributed by atoms with van der Waals surface area (Å²) in [5, 5.41) is 31.1. The molecule has 1 aliphatic heterocycles. The maximum atomic E-state index is 13.2. The predicted octanol–water partition coefficient (Wildman–Crippen LogP) is 5.40. The van der Waals surface area contributed by atoms with Crippen molar-refractivity contribution in [3.8, 4) is 28.7 Å². The van der Waals surface area contributed by atoms with Crippen LogP contribution >= 0.6 is 0 Å². The highest BCUT2D eigenvalue weighted by molar-refractivity contribution is 6.12. The fourth-order valence-electron chi connectivity index (χ4n) is 3.51. The molecule has 0 spiro atoms. The monoisotopic (exact) mass is 436 g/mol. The number of phenolic OH excluding ortho intramolecular Hbond substituents is 3. The first kappa shape index (κ1) is 23.0. The molecule has 6 heteroatoms. The van der Waals surface area contributed by atoms with Crippen LogP contribution < -0.4 is 9.47 Å². The van der Waals surface area contributed by atoms with Crippen LogP contribution in [0.2, 0.25) is 0 Å². The molecule has 3 N–H and O–H groups in total. The SMILES string of the molecule is COc1c2c(c(CC=C(C)C)c(O)c1C(=O)C=Cc1c(O)cccc1O)OC(C)(C)C=C2. The number of hydrogen-bond donors (Lipinski definition) is 3. The van der Waals surface area contributed by atoms with E-state index in [1.807, 2.05) is 45.9 Å². The first-order valence-electron chi connectivity index (χ1n) is 10.3. The first-order valence-corrected chi connectivity index (χ1v) is 10.3. The summed E-state index contributed by atoms with van der Waals surface area (Å²) in [5.74, 6) is -0.427. The molecule has 0 atom stereocenters. The molecule has 6 nitrogen and oxygen atoms in total. The summed E-state index contributed by atoms with van der Waals surface area (Å²) in [6, 6.07) is 4.30. The minimum atomic E-state index is -0.585. The molecule has 0 aliphatic carbocycles. The van der Waals surface area contributed by atoms with E-state index in [1.165, 1.54) is 37.5 Å². The van der Waals surface area contributed by atoms with Crippen LogP contribution in [0.3, 0.4) is 0 Å². The molecule has 0 aromatic heterocycles. The number of benzene rings is 2. The number of rotatable bonds is 6. The highest BCUT2D eigenvalue weighted by atomic mass is 16.5. The Kier molecular flexibility index (Phi) is 6.35. The van der Waals surface area contributed by atoms with E-state index in [0.717, 1.165) is 5.57 Å². The molecule has 2 aromatic carbocycles. The minimum absolute atomic E-state index is 0.0116. The second-order valence-electron chi connectivity index (χ2n) is 8.41. The molecule has 0 bridgehead atoms. The molecule has 2 aromatic rings. The van der Waals surface area contributed by atoms with Crippen LogP contribution in [0.15, 0.2) is 42.0 Å². The first-order chi connectivity index (χ1) is 15.1. The van der Waals surface area contributed by atoms with Crippen LogP contribution in [0, 0.1) is 0 Å². The van der Waals surface area contributed by atoms with Crippen molar-refractivity contribution in [1.82, 2.24) is 0 Å². The van der Waals surface area contributed by atoms with Crippen LogP contribution in [0.1, 0.15) is 54.7 Å². The Labute approximate surface area is 187 Å². The average molecular weight is 437 g/mol. The maximum Gasteiger partial charge on any atom is 0.193 e. The van der Waals surface area contributed by atoms with Crippen LogP contribution in [0.5, 0.6) is 28.7 Å². The maximum absolute atomic E-state index is 13.2. The quantitative estimate of drug-likeness (QED) is 0.319. The Hall–Kier alpha value is -3.67. The van der Waals surface area contributed by atoms with Crippen LogP contribution in [-0.2, 0) is 6.42 Å². The number of ketones is 1. The predicted molar refractivity (Wildman–Crippen MR) is 125 cm³/mol. The van der Waals surface area contributed by atoms with E-state index >= 15 is 0 Å². The molecule has 1 aliphatic rings. The van der Waals surface area contributed by atoms with Gasteiger partial charge in [0, 0.05) is 5.56 Å². The number of carbonyl (C=O) groups is 1. The average Bonchev–Trinajstić information content (AvgIpc) is 2.71. The number of fused-ring (bicyclic) bond motifs is 1. The summed E-state index contributed by atoms with van der Waals surface area (Å²) >= 11 is 0. The van der Waals surface area contributed by atoms with E-state index < -0.39 is 11.4 Å². The molecule has 168 valence electrons. The number of hydrogen-bond acceptors (Lipinski definition) is 6. The number of allylic oxidation sites excluding steroid dienone is 3. The summed E-state index contributed by atoms with van der Waals surface area (Å²) in [7, 11) is 1.42. The molecule has 3 rings (SSSR count). The molecule has 32 heavy (non-hydrogen) atoms. The Balaban J connectivity index is 2.19. The van der Waals surface area contributed by atoms with Gasteiger partial charge in [0.2, 0.25) is 0 Å². The van der Waals surface area contributed by atoms with Crippen molar-refractivity contribution in [1.29, 1.82) is 0 Å². The zero-order valence-electron chi connectivity index (χ0n) is 18.9. The van der Waals surface area contributed by atoms with Gasteiger partial charge >= 0.3 is 0 Å². The van der Waals surface area contributed by atoms with Crippen molar-refractivity contribution in [3.05, 3.63) is 64.3 Å². The fourth-order valence-corrected chi connectivity index (χ4v) is 3.51. The molecule has 1 heterocycles.